The van der Waals surface area contributed by atoms with Crippen LogP contribution in [0.2, 0.25) is 0 Å². The lowest BCUT2D eigenvalue weighted by Gasteiger charge is -2.11. The van der Waals surface area contributed by atoms with Crippen molar-refractivity contribution in [3.05, 3.63) is 51.3 Å². The molecule has 0 saturated heterocycles. The van der Waals surface area contributed by atoms with Gasteiger partial charge >= 0.3 is 5.97 Å². The van der Waals surface area contributed by atoms with Crippen molar-refractivity contribution in [3.8, 4) is 0 Å². The van der Waals surface area contributed by atoms with Gasteiger partial charge in [0.05, 0.1) is 25.3 Å². The number of hydrogen-bond acceptors (Lipinski definition) is 3. The largest absolute Gasteiger partial charge is 0.469 e. The van der Waals surface area contributed by atoms with Crippen molar-refractivity contribution in [3.63, 3.8) is 0 Å². The summed E-state index contributed by atoms with van der Waals surface area (Å²) < 4.78 is 7.83. The molecule has 4 nitrogen and oxygen atoms in total. The van der Waals surface area contributed by atoms with Gasteiger partial charge in [-0.25, -0.2) is 0 Å². The normalized spacial score (nSPS) is 12.2. The van der Waals surface area contributed by atoms with Crippen LogP contribution in [0, 0.1) is 13.8 Å². The van der Waals surface area contributed by atoms with Crippen LogP contribution in [-0.4, -0.2) is 22.9 Å². The molecule has 0 aliphatic rings. The van der Waals surface area contributed by atoms with Crippen molar-refractivity contribution >= 4 is 21.9 Å². The minimum absolute atomic E-state index is 0.235. The zero-order valence-electron chi connectivity index (χ0n) is 12.7. The van der Waals surface area contributed by atoms with Gasteiger partial charge in [-0.05, 0) is 32.4 Å². The zero-order valence-corrected chi connectivity index (χ0v) is 14.3. The van der Waals surface area contributed by atoms with Crippen molar-refractivity contribution in [2.45, 2.75) is 33.2 Å². The van der Waals surface area contributed by atoms with E-state index in [-0.39, 0.29) is 11.9 Å². The third-order valence-corrected chi connectivity index (χ3v) is 4.48. The first kappa shape index (κ1) is 15.8. The molecule has 0 aliphatic carbocycles. The van der Waals surface area contributed by atoms with Gasteiger partial charge in [0.2, 0.25) is 0 Å². The van der Waals surface area contributed by atoms with Crippen LogP contribution in [-0.2, 0) is 16.1 Å². The molecular weight excluding hydrogens is 332 g/mol. The molecule has 0 saturated carbocycles. The van der Waals surface area contributed by atoms with Gasteiger partial charge in [0.25, 0.3) is 0 Å². The Morgan fingerprint density at radius 3 is 2.67 bits per heavy atom. The van der Waals surface area contributed by atoms with E-state index in [4.69, 9.17) is 4.74 Å². The summed E-state index contributed by atoms with van der Waals surface area (Å²) in [5.41, 5.74) is 3.98. The van der Waals surface area contributed by atoms with Gasteiger partial charge in [0.15, 0.2) is 0 Å². The number of nitrogens with zero attached hydrogens (tertiary/aromatic N) is 2. The van der Waals surface area contributed by atoms with Crippen LogP contribution < -0.4 is 0 Å². The number of aromatic nitrogens is 2. The molecule has 0 bridgehead atoms. The highest BCUT2D eigenvalue weighted by molar-refractivity contribution is 9.10. The molecule has 0 aliphatic heterocycles. The minimum atomic E-state index is -0.303. The topological polar surface area (TPSA) is 44.1 Å². The highest BCUT2D eigenvalue weighted by Gasteiger charge is 2.23. The van der Waals surface area contributed by atoms with Gasteiger partial charge in [0, 0.05) is 15.7 Å². The molecule has 5 heteroatoms. The summed E-state index contributed by atoms with van der Waals surface area (Å²) in [6, 6.07) is 8.06. The number of ether oxygens (including phenoxy) is 1. The van der Waals surface area contributed by atoms with Crippen LogP contribution in [0.15, 0.2) is 28.7 Å². The van der Waals surface area contributed by atoms with Gasteiger partial charge in [-0.1, -0.05) is 34.1 Å². The quantitative estimate of drug-likeness (QED) is 0.791. The molecule has 0 N–H and O–H groups in total. The van der Waals surface area contributed by atoms with Crippen molar-refractivity contribution in [2.75, 3.05) is 7.11 Å². The number of aryl methyl sites for hydroxylation is 1. The Hall–Kier alpha value is -1.62. The van der Waals surface area contributed by atoms with E-state index in [0.717, 1.165) is 27.0 Å². The smallest absolute Gasteiger partial charge is 0.312 e. The molecule has 1 heterocycles. The number of benzene rings is 1. The molecule has 0 fully saturated rings. The van der Waals surface area contributed by atoms with Gasteiger partial charge < -0.3 is 4.74 Å². The zero-order chi connectivity index (χ0) is 15.6. The Kier molecular flexibility index (Phi) is 4.83. The van der Waals surface area contributed by atoms with E-state index >= 15 is 0 Å². The van der Waals surface area contributed by atoms with Crippen molar-refractivity contribution in [2.24, 2.45) is 0 Å². The Bertz CT molecular complexity index is 664. The highest BCUT2D eigenvalue weighted by atomic mass is 79.9. The van der Waals surface area contributed by atoms with Gasteiger partial charge in [0.1, 0.15) is 0 Å². The second-order valence-electron chi connectivity index (χ2n) is 5.08. The minimum Gasteiger partial charge on any atom is -0.469 e. The first-order chi connectivity index (χ1) is 9.95. The molecular formula is C16H19BrN2O2. The molecule has 112 valence electrons. The summed E-state index contributed by atoms with van der Waals surface area (Å²) in [7, 11) is 1.41. The lowest BCUT2D eigenvalue weighted by Crippen LogP contribution is -2.13. The third kappa shape index (κ3) is 3.18. The number of carbonyl (C=O) groups is 1. The number of carbonyl (C=O) groups excluding carboxylic acids is 1. The van der Waals surface area contributed by atoms with Crippen LogP contribution in [0.4, 0.5) is 0 Å². The predicted molar refractivity (Wildman–Crippen MR) is 85.4 cm³/mol. The third-order valence-electron chi connectivity index (χ3n) is 3.70. The second kappa shape index (κ2) is 6.43. The van der Waals surface area contributed by atoms with E-state index in [9.17, 15) is 4.79 Å². The van der Waals surface area contributed by atoms with Crippen molar-refractivity contribution < 1.29 is 9.53 Å². The molecule has 1 aromatic heterocycles. The molecule has 1 atom stereocenters. The average Bonchev–Trinajstić information content (AvgIpc) is 2.74. The van der Waals surface area contributed by atoms with Gasteiger partial charge in [-0.2, -0.15) is 5.10 Å². The predicted octanol–water partition coefficient (Wildman–Crippen LogP) is 3.59. The SMILES string of the molecule is COC(=O)C(C)c1c(C)nn(Cc2ccccc2Br)c1C. The van der Waals surface area contributed by atoms with E-state index in [1.54, 1.807) is 0 Å². The fourth-order valence-corrected chi connectivity index (χ4v) is 2.98. The summed E-state index contributed by atoms with van der Waals surface area (Å²) in [6.45, 7) is 6.44. The molecule has 21 heavy (non-hydrogen) atoms. The van der Waals surface area contributed by atoms with Crippen LogP contribution in [0.1, 0.15) is 35.4 Å². The van der Waals surface area contributed by atoms with Crippen LogP contribution in [0.3, 0.4) is 0 Å². The lowest BCUT2D eigenvalue weighted by atomic mass is 9.99. The number of rotatable bonds is 4. The first-order valence-electron chi connectivity index (χ1n) is 6.80. The number of methoxy groups -OCH3 is 1. The van der Waals surface area contributed by atoms with E-state index in [1.165, 1.54) is 7.11 Å². The number of hydrogen-bond donors (Lipinski definition) is 0. The second-order valence-corrected chi connectivity index (χ2v) is 5.93. The fourth-order valence-electron chi connectivity index (χ4n) is 2.57. The van der Waals surface area contributed by atoms with Crippen molar-refractivity contribution in [1.82, 2.24) is 9.78 Å². The molecule has 0 spiro atoms. The number of esters is 1. The maximum absolute atomic E-state index is 11.8. The maximum Gasteiger partial charge on any atom is 0.312 e. The Labute approximate surface area is 133 Å². The maximum atomic E-state index is 11.8. The van der Waals surface area contributed by atoms with Crippen LogP contribution in [0.5, 0.6) is 0 Å². The van der Waals surface area contributed by atoms with Gasteiger partial charge in [-0.15, -0.1) is 0 Å². The van der Waals surface area contributed by atoms with Gasteiger partial charge in [-0.3, -0.25) is 9.48 Å². The summed E-state index contributed by atoms with van der Waals surface area (Å²) in [5.74, 6) is -0.537. The molecule has 0 radical (unpaired) electrons. The molecule has 2 aromatic rings. The molecule has 1 unspecified atom stereocenters. The van der Waals surface area contributed by atoms with Crippen LogP contribution in [0.25, 0.3) is 0 Å². The van der Waals surface area contributed by atoms with E-state index in [0.29, 0.717) is 6.54 Å². The summed E-state index contributed by atoms with van der Waals surface area (Å²) in [6.07, 6.45) is 0. The lowest BCUT2D eigenvalue weighted by molar-refractivity contribution is -0.142. The Balaban J connectivity index is 2.36. The summed E-state index contributed by atoms with van der Waals surface area (Å²) >= 11 is 3.55. The molecule has 1 aromatic carbocycles. The Morgan fingerprint density at radius 2 is 2.05 bits per heavy atom. The fraction of sp³-hybridized carbons (Fsp3) is 0.375. The van der Waals surface area contributed by atoms with Crippen LogP contribution >= 0.6 is 15.9 Å². The average molecular weight is 351 g/mol. The summed E-state index contributed by atoms with van der Waals surface area (Å²) in [4.78, 5) is 11.8. The molecule has 2 rings (SSSR count). The van der Waals surface area contributed by atoms with E-state index < -0.39 is 0 Å². The first-order valence-corrected chi connectivity index (χ1v) is 7.60. The van der Waals surface area contributed by atoms with E-state index in [2.05, 4.69) is 27.1 Å². The molecule has 0 amide bonds. The highest BCUT2D eigenvalue weighted by Crippen LogP contribution is 2.26. The summed E-state index contributed by atoms with van der Waals surface area (Å²) in [5, 5.41) is 4.57. The number of halogens is 1. The standard InChI is InChI=1S/C16H19BrN2O2/c1-10(16(20)21-4)15-11(2)18-19(12(15)3)9-13-7-5-6-8-14(13)17/h5-8,10H,9H2,1-4H3. The monoisotopic (exact) mass is 350 g/mol. The Morgan fingerprint density at radius 1 is 1.38 bits per heavy atom. The van der Waals surface area contributed by atoms with E-state index in [1.807, 2.05) is 43.7 Å². The van der Waals surface area contributed by atoms with Crippen molar-refractivity contribution in [1.29, 1.82) is 0 Å².